The van der Waals surface area contributed by atoms with E-state index in [1.54, 1.807) is 33.8 Å². The summed E-state index contributed by atoms with van der Waals surface area (Å²) in [6.45, 7) is 10.0. The predicted molar refractivity (Wildman–Crippen MR) is 57.9 cm³/mol. The number of hydrogen-bond donors (Lipinski definition) is 1. The minimum atomic E-state index is -0.656. The number of esters is 1. The lowest BCUT2D eigenvalue weighted by Crippen LogP contribution is -2.36. The normalized spacial score (nSPS) is 12.9. The highest BCUT2D eigenvalue weighted by molar-refractivity contribution is 5.93. The third kappa shape index (κ3) is 5.00. The van der Waals surface area contributed by atoms with Crippen molar-refractivity contribution in [2.45, 2.75) is 33.9 Å². The summed E-state index contributed by atoms with van der Waals surface area (Å²) in [5.41, 5.74) is 0.882. The second kappa shape index (κ2) is 6.01. The summed E-state index contributed by atoms with van der Waals surface area (Å²) in [5.74, 6) is -0.763. The zero-order valence-electron chi connectivity index (χ0n) is 9.59. The van der Waals surface area contributed by atoms with Crippen molar-refractivity contribution in [1.82, 2.24) is 5.32 Å². The van der Waals surface area contributed by atoms with E-state index in [1.165, 1.54) is 0 Å². The van der Waals surface area contributed by atoms with Crippen molar-refractivity contribution in [2.24, 2.45) is 0 Å². The van der Waals surface area contributed by atoms with E-state index in [0.29, 0.717) is 11.1 Å². The lowest BCUT2D eigenvalue weighted by Gasteiger charge is -2.14. The molecule has 0 aliphatic carbocycles. The maximum Gasteiger partial charge on any atom is 0.335 e. The Bertz CT molecular complexity index is 305. The number of allylic oxidation sites excluding steroid dienone is 1. The van der Waals surface area contributed by atoms with Gasteiger partial charge in [0.1, 0.15) is 0 Å². The van der Waals surface area contributed by atoms with Gasteiger partial charge in [-0.2, -0.15) is 0 Å². The largest absolute Gasteiger partial charge is 0.439 e. The number of amides is 1. The standard InChI is InChI=1S/C11H17NO3/c1-6-8(4)10(13)12-9(5)15-11(14)7(2)3/h6,9H,2H2,1,3-5H3,(H,12,13)/b8-6+. The van der Waals surface area contributed by atoms with Gasteiger partial charge in [0.25, 0.3) is 0 Å². The molecular weight excluding hydrogens is 194 g/mol. The molecule has 1 amide bonds. The molecule has 0 fully saturated rings. The summed E-state index contributed by atoms with van der Waals surface area (Å²) in [4.78, 5) is 22.4. The first-order valence-electron chi connectivity index (χ1n) is 4.68. The van der Waals surface area contributed by atoms with Gasteiger partial charge < -0.3 is 10.1 Å². The van der Waals surface area contributed by atoms with E-state index in [0.717, 1.165) is 0 Å². The van der Waals surface area contributed by atoms with Crippen LogP contribution in [0.4, 0.5) is 0 Å². The minimum absolute atomic E-state index is 0.250. The van der Waals surface area contributed by atoms with Crippen LogP contribution < -0.4 is 5.32 Å². The number of carbonyl (C=O) groups excluding carboxylic acids is 2. The van der Waals surface area contributed by atoms with Gasteiger partial charge >= 0.3 is 5.97 Å². The maximum atomic E-state index is 11.3. The van der Waals surface area contributed by atoms with Gasteiger partial charge in [-0.3, -0.25) is 4.79 Å². The number of hydrogen-bond acceptors (Lipinski definition) is 3. The number of nitrogens with one attached hydrogen (secondary N) is 1. The Morgan fingerprint density at radius 3 is 2.33 bits per heavy atom. The van der Waals surface area contributed by atoms with Gasteiger partial charge in [0, 0.05) is 11.1 Å². The monoisotopic (exact) mass is 211 g/mol. The molecule has 0 saturated heterocycles. The van der Waals surface area contributed by atoms with Gasteiger partial charge in [0.2, 0.25) is 5.91 Å². The van der Waals surface area contributed by atoms with Gasteiger partial charge in [-0.15, -0.1) is 0 Å². The van der Waals surface area contributed by atoms with Gasteiger partial charge in [-0.25, -0.2) is 4.79 Å². The molecule has 0 bridgehead atoms. The van der Waals surface area contributed by atoms with E-state index in [1.807, 2.05) is 0 Å². The molecule has 0 aliphatic heterocycles. The molecular formula is C11H17NO3. The lowest BCUT2D eigenvalue weighted by molar-refractivity contribution is -0.146. The fourth-order valence-electron chi connectivity index (χ4n) is 0.720. The van der Waals surface area contributed by atoms with Crippen molar-refractivity contribution in [1.29, 1.82) is 0 Å². The quantitative estimate of drug-likeness (QED) is 0.436. The molecule has 1 atom stereocenters. The lowest BCUT2D eigenvalue weighted by atomic mass is 10.3. The van der Waals surface area contributed by atoms with Crippen LogP contribution in [0.5, 0.6) is 0 Å². The van der Waals surface area contributed by atoms with Crippen LogP contribution in [0.15, 0.2) is 23.8 Å². The van der Waals surface area contributed by atoms with E-state index < -0.39 is 12.2 Å². The zero-order valence-corrected chi connectivity index (χ0v) is 9.59. The second-order valence-electron chi connectivity index (χ2n) is 3.27. The summed E-state index contributed by atoms with van der Waals surface area (Å²) in [7, 11) is 0. The van der Waals surface area contributed by atoms with Crippen molar-refractivity contribution in [3.8, 4) is 0 Å². The van der Waals surface area contributed by atoms with Crippen LogP contribution in [0.2, 0.25) is 0 Å². The Kier molecular flexibility index (Phi) is 5.37. The highest BCUT2D eigenvalue weighted by Crippen LogP contribution is 1.98. The average Bonchev–Trinajstić information content (AvgIpc) is 2.15. The number of rotatable bonds is 4. The average molecular weight is 211 g/mol. The first-order chi connectivity index (χ1) is 6.88. The Hall–Kier alpha value is -1.58. The summed E-state index contributed by atoms with van der Waals surface area (Å²) >= 11 is 0. The van der Waals surface area contributed by atoms with Crippen molar-refractivity contribution < 1.29 is 14.3 Å². The van der Waals surface area contributed by atoms with Crippen LogP contribution in [0.25, 0.3) is 0 Å². The van der Waals surface area contributed by atoms with Crippen molar-refractivity contribution in [3.63, 3.8) is 0 Å². The molecule has 4 nitrogen and oxygen atoms in total. The summed E-state index contributed by atoms with van der Waals surface area (Å²) in [5, 5.41) is 2.52. The highest BCUT2D eigenvalue weighted by atomic mass is 16.6. The Balaban J connectivity index is 4.16. The van der Waals surface area contributed by atoms with Crippen molar-refractivity contribution in [2.75, 3.05) is 0 Å². The van der Waals surface area contributed by atoms with Crippen LogP contribution in [0, 0.1) is 0 Å². The van der Waals surface area contributed by atoms with Crippen molar-refractivity contribution >= 4 is 11.9 Å². The molecule has 1 unspecified atom stereocenters. The molecule has 1 N–H and O–H groups in total. The van der Waals surface area contributed by atoms with E-state index in [-0.39, 0.29) is 5.91 Å². The molecule has 0 aromatic heterocycles. The van der Waals surface area contributed by atoms with Gasteiger partial charge in [-0.05, 0) is 27.7 Å². The van der Waals surface area contributed by atoms with Gasteiger partial charge in [0.05, 0.1) is 0 Å². The zero-order chi connectivity index (χ0) is 12.0. The van der Waals surface area contributed by atoms with Gasteiger partial charge in [0.15, 0.2) is 6.23 Å². The van der Waals surface area contributed by atoms with Crippen LogP contribution in [-0.4, -0.2) is 18.1 Å². The first kappa shape index (κ1) is 13.4. The predicted octanol–water partition coefficient (Wildman–Crippen LogP) is 1.53. The third-order valence-corrected chi connectivity index (χ3v) is 1.76. The Morgan fingerprint density at radius 2 is 1.93 bits per heavy atom. The molecule has 0 rings (SSSR count). The molecule has 4 heteroatoms. The van der Waals surface area contributed by atoms with E-state index in [9.17, 15) is 9.59 Å². The molecule has 0 aromatic rings. The van der Waals surface area contributed by atoms with Gasteiger partial charge in [-0.1, -0.05) is 12.7 Å². The SMILES string of the molecule is C=C(C)C(=O)OC(C)NC(=O)/C(C)=C/C. The Morgan fingerprint density at radius 1 is 1.40 bits per heavy atom. The molecule has 0 saturated carbocycles. The summed E-state index contributed by atoms with van der Waals surface area (Å²) in [6.07, 6.45) is 1.03. The molecule has 0 heterocycles. The highest BCUT2D eigenvalue weighted by Gasteiger charge is 2.12. The molecule has 0 spiro atoms. The fourth-order valence-corrected chi connectivity index (χ4v) is 0.720. The van der Waals surface area contributed by atoms with E-state index in [2.05, 4.69) is 11.9 Å². The van der Waals surface area contributed by atoms with E-state index in [4.69, 9.17) is 4.74 Å². The number of ether oxygens (including phenoxy) is 1. The topological polar surface area (TPSA) is 55.4 Å². The maximum absolute atomic E-state index is 11.3. The van der Waals surface area contributed by atoms with Crippen molar-refractivity contribution in [3.05, 3.63) is 23.8 Å². The molecule has 0 aromatic carbocycles. The van der Waals surface area contributed by atoms with Crippen LogP contribution in [0.3, 0.4) is 0 Å². The summed E-state index contributed by atoms with van der Waals surface area (Å²) < 4.78 is 4.88. The van der Waals surface area contributed by atoms with Crippen LogP contribution >= 0.6 is 0 Å². The molecule has 0 aliphatic rings. The first-order valence-corrected chi connectivity index (χ1v) is 4.68. The fraction of sp³-hybridized carbons (Fsp3) is 0.455. The number of carbonyl (C=O) groups is 2. The van der Waals surface area contributed by atoms with Crippen LogP contribution in [0.1, 0.15) is 27.7 Å². The molecule has 84 valence electrons. The third-order valence-electron chi connectivity index (χ3n) is 1.76. The summed E-state index contributed by atoms with van der Waals surface area (Å²) in [6, 6.07) is 0. The second-order valence-corrected chi connectivity index (χ2v) is 3.27. The Labute approximate surface area is 90.0 Å². The minimum Gasteiger partial charge on any atom is -0.439 e. The van der Waals surface area contributed by atoms with E-state index >= 15 is 0 Å². The smallest absolute Gasteiger partial charge is 0.335 e. The molecule has 0 radical (unpaired) electrons. The molecule has 15 heavy (non-hydrogen) atoms. The van der Waals surface area contributed by atoms with Crippen LogP contribution in [-0.2, 0) is 14.3 Å².